The number of ether oxygens (including phenoxy) is 1. The number of hydrogen-bond acceptors (Lipinski definition) is 3. The fourth-order valence-electron chi connectivity index (χ4n) is 1.73. The van der Waals surface area contributed by atoms with Crippen molar-refractivity contribution >= 4 is 66.7 Å². The van der Waals surface area contributed by atoms with Crippen molar-refractivity contribution in [1.29, 1.82) is 0 Å². The summed E-state index contributed by atoms with van der Waals surface area (Å²) in [6.45, 7) is 0. The van der Waals surface area contributed by atoms with E-state index in [9.17, 15) is 9.90 Å². The molecule has 0 aromatic heterocycles. The maximum atomic E-state index is 12.3. The van der Waals surface area contributed by atoms with E-state index >= 15 is 0 Å². The summed E-state index contributed by atoms with van der Waals surface area (Å²) in [4.78, 5) is 12.3. The number of anilines is 1. The van der Waals surface area contributed by atoms with E-state index < -0.39 is 5.91 Å². The predicted molar refractivity (Wildman–Crippen MR) is 94.5 cm³/mol. The Labute approximate surface area is 153 Å². The van der Waals surface area contributed by atoms with Gasteiger partial charge in [0.2, 0.25) is 0 Å². The Balaban J connectivity index is 2.30. The molecule has 8 heteroatoms. The Bertz CT molecular complexity index is 707. The average molecular weight is 470 g/mol. The van der Waals surface area contributed by atoms with Gasteiger partial charge in [-0.2, -0.15) is 0 Å². The van der Waals surface area contributed by atoms with Gasteiger partial charge in [0, 0.05) is 11.3 Å². The van der Waals surface area contributed by atoms with Crippen LogP contribution in [0, 0.1) is 0 Å². The molecule has 0 aliphatic rings. The molecular weight excluding hydrogens is 461 g/mol. The first-order chi connectivity index (χ1) is 10.3. The molecule has 0 fully saturated rings. The molecule has 4 nitrogen and oxygen atoms in total. The first-order valence-corrected chi connectivity index (χ1v) is 8.20. The van der Waals surface area contributed by atoms with E-state index in [1.54, 1.807) is 12.1 Å². The van der Waals surface area contributed by atoms with E-state index in [1.165, 1.54) is 19.2 Å². The van der Waals surface area contributed by atoms with Crippen LogP contribution in [0.1, 0.15) is 10.4 Å². The van der Waals surface area contributed by atoms with Gasteiger partial charge in [-0.25, -0.2) is 0 Å². The molecule has 2 aromatic rings. The number of phenolic OH excluding ortho intramolecular Hbond substituents is 1. The molecule has 22 heavy (non-hydrogen) atoms. The third-order valence-electron chi connectivity index (χ3n) is 2.74. The highest BCUT2D eigenvalue weighted by Crippen LogP contribution is 2.36. The van der Waals surface area contributed by atoms with E-state index in [1.807, 2.05) is 0 Å². The van der Waals surface area contributed by atoms with Crippen LogP contribution in [0.25, 0.3) is 0 Å². The highest BCUT2D eigenvalue weighted by molar-refractivity contribution is 9.11. The number of phenols is 1. The third-order valence-corrected chi connectivity index (χ3v) is 4.51. The number of carbonyl (C=O) groups is 1. The van der Waals surface area contributed by atoms with E-state index in [-0.39, 0.29) is 21.4 Å². The summed E-state index contributed by atoms with van der Waals surface area (Å²) >= 11 is 18.4. The second kappa shape index (κ2) is 7.08. The Kier molecular flexibility index (Phi) is 5.60. The quantitative estimate of drug-likeness (QED) is 0.585. The summed E-state index contributed by atoms with van der Waals surface area (Å²) in [6, 6.07) is 6.08. The van der Waals surface area contributed by atoms with Crippen molar-refractivity contribution in [3.63, 3.8) is 0 Å². The highest BCUT2D eigenvalue weighted by Gasteiger charge is 2.15. The molecule has 0 aliphatic heterocycles. The lowest BCUT2D eigenvalue weighted by Gasteiger charge is -2.10. The van der Waals surface area contributed by atoms with E-state index in [0.29, 0.717) is 20.4 Å². The Hall–Kier alpha value is -0.950. The van der Waals surface area contributed by atoms with Crippen LogP contribution in [0.5, 0.6) is 11.5 Å². The third kappa shape index (κ3) is 3.68. The summed E-state index contributed by atoms with van der Waals surface area (Å²) < 4.78 is 5.93. The van der Waals surface area contributed by atoms with Gasteiger partial charge in [0.15, 0.2) is 5.75 Å². The number of nitrogens with one attached hydrogen (secondary N) is 1. The topological polar surface area (TPSA) is 58.6 Å². The van der Waals surface area contributed by atoms with Crippen LogP contribution in [-0.2, 0) is 0 Å². The summed E-state index contributed by atoms with van der Waals surface area (Å²) in [5, 5.41) is 12.8. The van der Waals surface area contributed by atoms with Gasteiger partial charge in [-0.05, 0) is 56.1 Å². The molecule has 0 aliphatic carbocycles. The van der Waals surface area contributed by atoms with Gasteiger partial charge in [-0.15, -0.1) is 0 Å². The molecule has 0 saturated heterocycles. The summed E-state index contributed by atoms with van der Waals surface area (Å²) in [6.07, 6.45) is 0. The first kappa shape index (κ1) is 17.4. The maximum absolute atomic E-state index is 12.3. The molecule has 0 heterocycles. The second-order valence-corrected chi connectivity index (χ2v) is 6.74. The van der Waals surface area contributed by atoms with Crippen LogP contribution in [0.4, 0.5) is 5.69 Å². The Morgan fingerprint density at radius 3 is 2.09 bits per heavy atom. The number of hydrogen-bond donors (Lipinski definition) is 2. The number of methoxy groups -OCH3 is 1. The predicted octanol–water partition coefficient (Wildman–Crippen LogP) is 5.48. The molecule has 0 atom stereocenters. The minimum Gasteiger partial charge on any atom is -0.506 e. The SMILES string of the molecule is COc1c(Cl)cc(C(=O)Nc2cc(Br)c(O)c(Br)c2)cc1Cl. The standard InChI is InChI=1S/C14H9Br2Cl2NO3/c1-22-13-10(17)2-6(3-11(13)18)14(21)19-7-4-8(15)12(20)9(16)5-7/h2-5,20H,1H3,(H,19,21). The van der Waals surface area contributed by atoms with Gasteiger partial charge in [0.05, 0.1) is 26.1 Å². The maximum Gasteiger partial charge on any atom is 0.255 e. The molecule has 0 unspecified atom stereocenters. The van der Waals surface area contributed by atoms with Gasteiger partial charge in [-0.3, -0.25) is 4.79 Å². The molecule has 116 valence electrons. The molecule has 0 spiro atoms. The van der Waals surface area contributed by atoms with E-state index in [0.717, 1.165) is 0 Å². The zero-order valence-corrected chi connectivity index (χ0v) is 15.8. The van der Waals surface area contributed by atoms with Crippen molar-refractivity contribution in [2.45, 2.75) is 0 Å². The minimum atomic E-state index is -0.393. The van der Waals surface area contributed by atoms with Crippen molar-refractivity contribution in [3.8, 4) is 11.5 Å². The van der Waals surface area contributed by atoms with Crippen molar-refractivity contribution in [2.24, 2.45) is 0 Å². The van der Waals surface area contributed by atoms with Crippen molar-refractivity contribution in [1.82, 2.24) is 0 Å². The molecule has 2 aromatic carbocycles. The number of benzene rings is 2. The highest BCUT2D eigenvalue weighted by atomic mass is 79.9. The smallest absolute Gasteiger partial charge is 0.255 e. The van der Waals surface area contributed by atoms with Gasteiger partial charge in [0.1, 0.15) is 5.75 Å². The zero-order chi connectivity index (χ0) is 16.4. The van der Waals surface area contributed by atoms with Gasteiger partial charge >= 0.3 is 0 Å². The number of rotatable bonds is 3. The van der Waals surface area contributed by atoms with Crippen LogP contribution in [0.3, 0.4) is 0 Å². The van der Waals surface area contributed by atoms with Crippen molar-refractivity contribution < 1.29 is 14.6 Å². The lowest BCUT2D eigenvalue weighted by atomic mass is 10.2. The fraction of sp³-hybridized carbons (Fsp3) is 0.0714. The minimum absolute atomic E-state index is 0.0496. The first-order valence-electron chi connectivity index (χ1n) is 5.86. The number of halogens is 4. The van der Waals surface area contributed by atoms with Gasteiger partial charge < -0.3 is 15.2 Å². The molecule has 2 N–H and O–H groups in total. The van der Waals surface area contributed by atoms with Crippen LogP contribution < -0.4 is 10.1 Å². The van der Waals surface area contributed by atoms with E-state index in [2.05, 4.69) is 37.2 Å². The summed E-state index contributed by atoms with van der Waals surface area (Å²) in [5.74, 6) is -0.0283. The van der Waals surface area contributed by atoms with E-state index in [4.69, 9.17) is 27.9 Å². The summed E-state index contributed by atoms with van der Waals surface area (Å²) in [5.41, 5.74) is 0.778. The van der Waals surface area contributed by atoms with Gasteiger partial charge in [0.25, 0.3) is 5.91 Å². The van der Waals surface area contributed by atoms with Crippen LogP contribution in [0.15, 0.2) is 33.2 Å². The van der Waals surface area contributed by atoms with Crippen molar-refractivity contribution in [2.75, 3.05) is 12.4 Å². The molecule has 0 radical (unpaired) electrons. The molecule has 0 saturated carbocycles. The fourth-order valence-corrected chi connectivity index (χ4v) is 3.55. The molecule has 1 amide bonds. The second-order valence-electron chi connectivity index (χ2n) is 4.22. The normalized spacial score (nSPS) is 10.4. The Morgan fingerprint density at radius 1 is 1.14 bits per heavy atom. The van der Waals surface area contributed by atoms with Crippen LogP contribution in [-0.4, -0.2) is 18.1 Å². The summed E-state index contributed by atoms with van der Waals surface area (Å²) in [7, 11) is 1.44. The number of carbonyl (C=O) groups excluding carboxylic acids is 1. The molecular formula is C14H9Br2Cl2NO3. The number of aromatic hydroxyl groups is 1. The van der Waals surface area contributed by atoms with Crippen LogP contribution >= 0.6 is 55.1 Å². The molecule has 2 rings (SSSR count). The van der Waals surface area contributed by atoms with Gasteiger partial charge in [-0.1, -0.05) is 23.2 Å². The lowest BCUT2D eigenvalue weighted by Crippen LogP contribution is -2.12. The zero-order valence-electron chi connectivity index (χ0n) is 11.1. The van der Waals surface area contributed by atoms with Crippen molar-refractivity contribution in [3.05, 3.63) is 48.8 Å². The lowest BCUT2D eigenvalue weighted by molar-refractivity contribution is 0.102. The monoisotopic (exact) mass is 467 g/mol. The number of amides is 1. The average Bonchev–Trinajstić information content (AvgIpc) is 2.44. The largest absolute Gasteiger partial charge is 0.506 e. The molecule has 0 bridgehead atoms. The van der Waals surface area contributed by atoms with Crippen LogP contribution in [0.2, 0.25) is 10.0 Å². The Morgan fingerprint density at radius 2 is 1.64 bits per heavy atom.